The minimum atomic E-state index is -4.48. The zero-order valence-corrected chi connectivity index (χ0v) is 16.9. The molecule has 0 bridgehead atoms. The monoisotopic (exact) mass is 415 g/mol. The molecule has 30 heavy (non-hydrogen) atoms. The molecule has 1 fully saturated rings. The van der Waals surface area contributed by atoms with Crippen molar-refractivity contribution in [3.8, 4) is 0 Å². The quantitative estimate of drug-likeness (QED) is 0.661. The number of rotatable bonds is 3. The van der Waals surface area contributed by atoms with Crippen LogP contribution in [0.25, 0.3) is 0 Å². The molecule has 2 aliphatic heterocycles. The van der Waals surface area contributed by atoms with Gasteiger partial charge in [-0.25, -0.2) is 0 Å². The third kappa shape index (κ3) is 4.06. The highest BCUT2D eigenvalue weighted by Crippen LogP contribution is 2.41. The third-order valence-corrected chi connectivity index (χ3v) is 5.70. The highest BCUT2D eigenvalue weighted by molar-refractivity contribution is 6.12. The van der Waals surface area contributed by atoms with Crippen LogP contribution < -0.4 is 10.2 Å². The average molecular weight is 415 g/mol. The Bertz CT molecular complexity index is 976. The summed E-state index contributed by atoms with van der Waals surface area (Å²) in [7, 11) is 0. The van der Waals surface area contributed by atoms with Crippen molar-refractivity contribution in [2.24, 2.45) is 16.8 Å². The second-order valence-electron chi connectivity index (χ2n) is 8.38. The number of carbonyl (C=O) groups is 1. The molecule has 3 unspecified atom stereocenters. The number of nitrogens with one attached hydrogen (secondary N) is 1. The van der Waals surface area contributed by atoms with Crippen LogP contribution in [0.4, 0.5) is 30.2 Å². The van der Waals surface area contributed by atoms with Crippen LogP contribution in [0.2, 0.25) is 0 Å². The zero-order valence-electron chi connectivity index (χ0n) is 16.9. The molecule has 1 N–H and O–H groups in total. The molecule has 4 rings (SSSR count). The molecule has 0 spiro atoms. The summed E-state index contributed by atoms with van der Waals surface area (Å²) < 4.78 is 41.5. The van der Waals surface area contributed by atoms with Crippen LogP contribution in [0.1, 0.15) is 37.3 Å². The number of anilines is 2. The molecule has 0 saturated carbocycles. The lowest BCUT2D eigenvalue weighted by atomic mass is 9.91. The zero-order chi connectivity index (χ0) is 21.5. The Morgan fingerprint density at radius 2 is 1.80 bits per heavy atom. The molecular weight excluding hydrogens is 391 g/mol. The van der Waals surface area contributed by atoms with Gasteiger partial charge in [0.1, 0.15) is 5.92 Å². The molecular formula is C23H24F3N3O. The van der Waals surface area contributed by atoms with E-state index in [9.17, 15) is 18.0 Å². The number of aliphatic imine (C=N–C) groups is 1. The van der Waals surface area contributed by atoms with Gasteiger partial charge in [0.2, 0.25) is 5.91 Å². The van der Waals surface area contributed by atoms with Crippen LogP contribution in [0.5, 0.6) is 0 Å². The number of fused-ring (bicyclic) bond motifs is 1. The topological polar surface area (TPSA) is 44.7 Å². The number of nitrogens with zero attached hydrogens (tertiary/aromatic N) is 2. The summed E-state index contributed by atoms with van der Waals surface area (Å²) >= 11 is 0. The highest BCUT2D eigenvalue weighted by atomic mass is 19.4. The Morgan fingerprint density at radius 3 is 2.50 bits per heavy atom. The highest BCUT2D eigenvalue weighted by Gasteiger charge is 2.36. The standard InChI is InChI=1S/C23H24F3N3O/c1-14-9-15(2)13-29(12-14)21-8-7-16(10-19(21)23(24,25)26)27-11-18-17-5-3-4-6-20(17)28-22(18)30/h3-8,10-11,14-15,18H,9,12-13H2,1-2H3,(H,28,30). The van der Waals surface area contributed by atoms with Gasteiger partial charge in [-0.1, -0.05) is 32.0 Å². The van der Waals surface area contributed by atoms with Crippen LogP contribution in [0, 0.1) is 11.8 Å². The predicted molar refractivity (Wildman–Crippen MR) is 113 cm³/mol. The van der Waals surface area contributed by atoms with Gasteiger partial charge in [-0.3, -0.25) is 9.79 Å². The first-order chi connectivity index (χ1) is 14.2. The van der Waals surface area contributed by atoms with Crippen molar-refractivity contribution >= 4 is 29.2 Å². The number of halogens is 3. The van der Waals surface area contributed by atoms with Gasteiger partial charge in [-0.05, 0) is 48.1 Å². The molecule has 2 heterocycles. The number of amides is 1. The minimum absolute atomic E-state index is 0.182. The molecule has 7 heteroatoms. The van der Waals surface area contributed by atoms with E-state index < -0.39 is 17.7 Å². The second kappa shape index (κ2) is 7.78. The van der Waals surface area contributed by atoms with Gasteiger partial charge in [-0.15, -0.1) is 0 Å². The second-order valence-corrected chi connectivity index (χ2v) is 8.38. The Balaban J connectivity index is 1.64. The predicted octanol–water partition coefficient (Wildman–Crippen LogP) is 5.63. The summed E-state index contributed by atoms with van der Waals surface area (Å²) in [6.45, 7) is 5.35. The van der Waals surface area contributed by atoms with Crippen LogP contribution in [-0.4, -0.2) is 25.2 Å². The van der Waals surface area contributed by atoms with E-state index in [1.54, 1.807) is 12.1 Å². The van der Waals surface area contributed by atoms with E-state index in [4.69, 9.17) is 0 Å². The third-order valence-electron chi connectivity index (χ3n) is 5.70. The molecule has 0 radical (unpaired) electrons. The van der Waals surface area contributed by atoms with Crippen molar-refractivity contribution < 1.29 is 18.0 Å². The van der Waals surface area contributed by atoms with Crippen molar-refractivity contribution in [3.63, 3.8) is 0 Å². The summed E-state index contributed by atoms with van der Waals surface area (Å²) in [5.41, 5.74) is 1.17. The first kappa shape index (κ1) is 20.4. The first-order valence-electron chi connectivity index (χ1n) is 10.1. The minimum Gasteiger partial charge on any atom is -0.371 e. The molecule has 2 aromatic rings. The van der Waals surface area contributed by atoms with Gasteiger partial charge in [0.15, 0.2) is 0 Å². The maximum atomic E-state index is 13.8. The lowest BCUT2D eigenvalue weighted by molar-refractivity contribution is -0.137. The molecule has 1 saturated heterocycles. The molecule has 2 aromatic carbocycles. The fourth-order valence-corrected chi connectivity index (χ4v) is 4.51. The number of para-hydroxylation sites is 1. The SMILES string of the molecule is CC1CC(C)CN(c2ccc(N=CC3C(=O)Nc4ccccc43)cc2C(F)(F)F)C1. The lowest BCUT2D eigenvalue weighted by Gasteiger charge is -2.37. The number of benzene rings is 2. The normalized spacial score (nSPS) is 24.2. The Labute approximate surface area is 173 Å². The van der Waals surface area contributed by atoms with Crippen molar-refractivity contribution in [2.45, 2.75) is 32.4 Å². The number of carbonyl (C=O) groups excluding carboxylic acids is 1. The Morgan fingerprint density at radius 1 is 1.10 bits per heavy atom. The van der Waals surface area contributed by atoms with Crippen LogP contribution in [0.15, 0.2) is 47.5 Å². The number of hydrogen-bond acceptors (Lipinski definition) is 3. The molecule has 0 aromatic heterocycles. The van der Waals surface area contributed by atoms with Crippen LogP contribution in [-0.2, 0) is 11.0 Å². The summed E-state index contributed by atoms with van der Waals surface area (Å²) in [5.74, 6) is -0.162. The lowest BCUT2D eigenvalue weighted by Crippen LogP contribution is -2.39. The molecule has 3 atom stereocenters. The van der Waals surface area contributed by atoms with Crippen molar-refractivity contribution in [2.75, 3.05) is 23.3 Å². The molecule has 4 nitrogen and oxygen atoms in total. The van der Waals surface area contributed by atoms with Gasteiger partial charge < -0.3 is 10.2 Å². The summed E-state index contributed by atoms with van der Waals surface area (Å²) in [5, 5.41) is 2.76. The summed E-state index contributed by atoms with van der Waals surface area (Å²) in [6, 6.07) is 11.4. The van der Waals surface area contributed by atoms with E-state index in [0.717, 1.165) is 18.1 Å². The Kier molecular flexibility index (Phi) is 5.30. The van der Waals surface area contributed by atoms with E-state index in [-0.39, 0.29) is 17.3 Å². The first-order valence-corrected chi connectivity index (χ1v) is 10.1. The number of alkyl halides is 3. The number of hydrogen-bond donors (Lipinski definition) is 1. The average Bonchev–Trinajstić information content (AvgIpc) is 3.00. The van der Waals surface area contributed by atoms with Crippen molar-refractivity contribution in [1.82, 2.24) is 0 Å². The maximum Gasteiger partial charge on any atom is 0.418 e. The molecule has 0 aliphatic carbocycles. The van der Waals surface area contributed by atoms with Gasteiger partial charge >= 0.3 is 6.18 Å². The largest absolute Gasteiger partial charge is 0.418 e. The number of piperidine rings is 1. The van der Waals surface area contributed by atoms with Crippen LogP contribution in [0.3, 0.4) is 0 Å². The van der Waals surface area contributed by atoms with Gasteiger partial charge in [0, 0.05) is 30.7 Å². The van der Waals surface area contributed by atoms with Gasteiger partial charge in [-0.2, -0.15) is 13.2 Å². The fraction of sp³-hybridized carbons (Fsp3) is 0.391. The van der Waals surface area contributed by atoms with E-state index in [1.807, 2.05) is 23.1 Å². The molecule has 1 amide bonds. The van der Waals surface area contributed by atoms with E-state index in [2.05, 4.69) is 24.2 Å². The summed E-state index contributed by atoms with van der Waals surface area (Å²) in [4.78, 5) is 18.3. The van der Waals surface area contributed by atoms with Crippen LogP contribution >= 0.6 is 0 Å². The maximum absolute atomic E-state index is 13.8. The van der Waals surface area contributed by atoms with Crippen molar-refractivity contribution in [3.05, 3.63) is 53.6 Å². The van der Waals surface area contributed by atoms with Gasteiger partial charge in [0.05, 0.1) is 11.3 Å². The van der Waals surface area contributed by atoms with E-state index in [1.165, 1.54) is 12.3 Å². The van der Waals surface area contributed by atoms with E-state index in [0.29, 0.717) is 30.6 Å². The molecule has 158 valence electrons. The Hall–Kier alpha value is -2.83. The van der Waals surface area contributed by atoms with Gasteiger partial charge in [0.25, 0.3) is 0 Å². The smallest absolute Gasteiger partial charge is 0.371 e. The summed E-state index contributed by atoms with van der Waals surface area (Å²) in [6.07, 6.45) is -2.05. The fourth-order valence-electron chi connectivity index (χ4n) is 4.51. The van der Waals surface area contributed by atoms with E-state index >= 15 is 0 Å². The molecule has 2 aliphatic rings. The van der Waals surface area contributed by atoms with Crippen molar-refractivity contribution in [1.29, 1.82) is 0 Å².